The highest BCUT2D eigenvalue weighted by Gasteiger charge is 2.04. The molecule has 0 atom stereocenters. The van der Waals surface area contributed by atoms with Crippen molar-refractivity contribution in [3.63, 3.8) is 0 Å². The van der Waals surface area contributed by atoms with E-state index in [0.717, 1.165) is 37.0 Å². The highest BCUT2D eigenvalue weighted by atomic mass is 32.1. The van der Waals surface area contributed by atoms with Crippen LogP contribution in [-0.4, -0.2) is 44.4 Å². The van der Waals surface area contributed by atoms with Crippen LogP contribution in [0.2, 0.25) is 0 Å². The first kappa shape index (κ1) is 15.7. The quantitative estimate of drug-likeness (QED) is 0.611. The standard InChI is InChI=1S/C14H22N2O2S/c1-16(14(19)15-9-4-10-17-2)11-12-5-7-13(18-3)8-6-12/h5-8H,4,9-11H2,1-3H3,(H,15,19). The summed E-state index contributed by atoms with van der Waals surface area (Å²) in [6.07, 6.45) is 0.951. The summed E-state index contributed by atoms with van der Waals surface area (Å²) in [5.41, 5.74) is 1.20. The molecule has 0 aliphatic rings. The van der Waals surface area contributed by atoms with Crippen molar-refractivity contribution in [2.24, 2.45) is 0 Å². The minimum Gasteiger partial charge on any atom is -0.497 e. The molecule has 0 aromatic heterocycles. The van der Waals surface area contributed by atoms with Crippen LogP contribution in [0.5, 0.6) is 5.75 Å². The van der Waals surface area contributed by atoms with Gasteiger partial charge in [0, 0.05) is 33.9 Å². The van der Waals surface area contributed by atoms with E-state index in [0.29, 0.717) is 0 Å². The molecule has 0 unspecified atom stereocenters. The largest absolute Gasteiger partial charge is 0.497 e. The van der Waals surface area contributed by atoms with Gasteiger partial charge in [-0.05, 0) is 36.3 Å². The van der Waals surface area contributed by atoms with Crippen molar-refractivity contribution in [3.8, 4) is 5.75 Å². The number of methoxy groups -OCH3 is 2. The molecule has 0 spiro atoms. The Morgan fingerprint density at radius 1 is 1.26 bits per heavy atom. The van der Waals surface area contributed by atoms with Gasteiger partial charge in [0.05, 0.1) is 7.11 Å². The molecule has 0 saturated carbocycles. The number of thiocarbonyl (C=S) groups is 1. The van der Waals surface area contributed by atoms with Crippen LogP contribution in [0, 0.1) is 0 Å². The summed E-state index contributed by atoms with van der Waals surface area (Å²) < 4.78 is 10.1. The fourth-order valence-corrected chi connectivity index (χ4v) is 1.79. The van der Waals surface area contributed by atoms with Crippen LogP contribution in [0.3, 0.4) is 0 Å². The minimum absolute atomic E-state index is 0.748. The van der Waals surface area contributed by atoms with Crippen LogP contribution in [0.1, 0.15) is 12.0 Å². The summed E-state index contributed by atoms with van der Waals surface area (Å²) in [7, 11) is 5.35. The monoisotopic (exact) mass is 282 g/mol. The van der Waals surface area contributed by atoms with Gasteiger partial charge < -0.3 is 19.7 Å². The fourth-order valence-electron chi connectivity index (χ4n) is 1.62. The van der Waals surface area contributed by atoms with Crippen molar-refractivity contribution in [1.29, 1.82) is 0 Å². The Morgan fingerprint density at radius 3 is 2.53 bits per heavy atom. The van der Waals surface area contributed by atoms with E-state index < -0.39 is 0 Å². The predicted molar refractivity (Wildman–Crippen MR) is 81.6 cm³/mol. The van der Waals surface area contributed by atoms with Gasteiger partial charge in [-0.2, -0.15) is 0 Å². The fraction of sp³-hybridized carbons (Fsp3) is 0.500. The molecule has 106 valence electrons. The average molecular weight is 282 g/mol. The van der Waals surface area contributed by atoms with E-state index in [1.165, 1.54) is 5.56 Å². The zero-order chi connectivity index (χ0) is 14.1. The van der Waals surface area contributed by atoms with Gasteiger partial charge >= 0.3 is 0 Å². The number of benzene rings is 1. The highest BCUT2D eigenvalue weighted by Crippen LogP contribution is 2.12. The summed E-state index contributed by atoms with van der Waals surface area (Å²) in [6.45, 7) is 2.36. The van der Waals surface area contributed by atoms with Gasteiger partial charge in [0.15, 0.2) is 5.11 Å². The molecule has 1 aromatic carbocycles. The van der Waals surface area contributed by atoms with Crippen molar-refractivity contribution in [2.75, 3.05) is 34.4 Å². The maximum atomic E-state index is 5.32. The second-order valence-corrected chi connectivity index (χ2v) is 4.67. The molecule has 4 nitrogen and oxygen atoms in total. The van der Waals surface area contributed by atoms with Crippen LogP contribution in [-0.2, 0) is 11.3 Å². The van der Waals surface area contributed by atoms with Crippen molar-refractivity contribution < 1.29 is 9.47 Å². The molecule has 0 aliphatic carbocycles. The summed E-state index contributed by atoms with van der Waals surface area (Å²) in [5.74, 6) is 0.867. The molecule has 0 heterocycles. The first-order valence-electron chi connectivity index (χ1n) is 6.28. The maximum Gasteiger partial charge on any atom is 0.168 e. The Morgan fingerprint density at radius 2 is 1.95 bits per heavy atom. The lowest BCUT2D eigenvalue weighted by atomic mass is 10.2. The van der Waals surface area contributed by atoms with E-state index in [1.807, 2.05) is 36.2 Å². The molecule has 19 heavy (non-hydrogen) atoms. The number of nitrogens with zero attached hydrogens (tertiary/aromatic N) is 1. The molecule has 0 radical (unpaired) electrons. The molecule has 0 amide bonds. The third kappa shape index (κ3) is 5.89. The van der Waals surface area contributed by atoms with Crippen LogP contribution in [0.15, 0.2) is 24.3 Å². The number of rotatable bonds is 7. The molecule has 1 aromatic rings. The van der Waals surface area contributed by atoms with Gasteiger partial charge in [0.2, 0.25) is 0 Å². The summed E-state index contributed by atoms with van der Waals surface area (Å²) in [6, 6.07) is 8.00. The molecule has 0 bridgehead atoms. The number of hydrogen-bond donors (Lipinski definition) is 1. The number of ether oxygens (including phenoxy) is 2. The van der Waals surface area contributed by atoms with Crippen molar-refractivity contribution in [3.05, 3.63) is 29.8 Å². The van der Waals surface area contributed by atoms with E-state index in [1.54, 1.807) is 14.2 Å². The van der Waals surface area contributed by atoms with Crippen molar-refractivity contribution in [2.45, 2.75) is 13.0 Å². The van der Waals surface area contributed by atoms with E-state index in [2.05, 4.69) is 5.32 Å². The van der Waals surface area contributed by atoms with Gasteiger partial charge in [-0.15, -0.1) is 0 Å². The number of hydrogen-bond acceptors (Lipinski definition) is 3. The molecule has 0 fully saturated rings. The molecule has 1 N–H and O–H groups in total. The molecular weight excluding hydrogens is 260 g/mol. The van der Waals surface area contributed by atoms with Crippen molar-refractivity contribution in [1.82, 2.24) is 10.2 Å². The highest BCUT2D eigenvalue weighted by molar-refractivity contribution is 7.80. The normalized spacial score (nSPS) is 10.1. The third-order valence-electron chi connectivity index (χ3n) is 2.73. The second-order valence-electron chi connectivity index (χ2n) is 4.28. The van der Waals surface area contributed by atoms with Gasteiger partial charge in [-0.1, -0.05) is 12.1 Å². The van der Waals surface area contributed by atoms with Crippen LogP contribution >= 0.6 is 12.2 Å². The summed E-state index contributed by atoms with van der Waals surface area (Å²) in [4.78, 5) is 2.02. The maximum absolute atomic E-state index is 5.32. The van der Waals surface area contributed by atoms with E-state index >= 15 is 0 Å². The predicted octanol–water partition coefficient (Wildman–Crippen LogP) is 2.04. The Kier molecular flexibility index (Phi) is 7.22. The Hall–Kier alpha value is -1.33. The van der Waals surface area contributed by atoms with Crippen LogP contribution in [0.4, 0.5) is 0 Å². The van der Waals surface area contributed by atoms with E-state index in [4.69, 9.17) is 21.7 Å². The minimum atomic E-state index is 0.748. The first-order valence-corrected chi connectivity index (χ1v) is 6.69. The van der Waals surface area contributed by atoms with Gasteiger partial charge in [-0.25, -0.2) is 0 Å². The topological polar surface area (TPSA) is 33.7 Å². The first-order chi connectivity index (χ1) is 9.17. The zero-order valence-electron chi connectivity index (χ0n) is 11.8. The summed E-state index contributed by atoms with van der Waals surface area (Å²) >= 11 is 5.32. The zero-order valence-corrected chi connectivity index (χ0v) is 12.6. The molecule has 5 heteroatoms. The van der Waals surface area contributed by atoms with Crippen LogP contribution < -0.4 is 10.1 Å². The summed E-state index contributed by atoms with van der Waals surface area (Å²) in [5, 5.41) is 3.97. The van der Waals surface area contributed by atoms with Gasteiger partial charge in [0.1, 0.15) is 5.75 Å². The molecule has 0 saturated heterocycles. The Bertz CT molecular complexity index is 382. The lowest BCUT2D eigenvalue weighted by Gasteiger charge is -2.21. The Labute approximate surface area is 120 Å². The lowest BCUT2D eigenvalue weighted by molar-refractivity contribution is 0.195. The molecule has 1 rings (SSSR count). The van der Waals surface area contributed by atoms with Crippen molar-refractivity contribution >= 4 is 17.3 Å². The third-order valence-corrected chi connectivity index (χ3v) is 3.18. The molecular formula is C14H22N2O2S. The number of nitrogens with one attached hydrogen (secondary N) is 1. The van der Waals surface area contributed by atoms with E-state index in [9.17, 15) is 0 Å². The SMILES string of the molecule is COCCCNC(=S)N(C)Cc1ccc(OC)cc1. The second kappa shape index (κ2) is 8.72. The Balaban J connectivity index is 2.35. The lowest BCUT2D eigenvalue weighted by Crippen LogP contribution is -2.37. The average Bonchev–Trinajstić information content (AvgIpc) is 2.44. The smallest absolute Gasteiger partial charge is 0.168 e. The van der Waals surface area contributed by atoms with Crippen LogP contribution in [0.25, 0.3) is 0 Å². The van der Waals surface area contributed by atoms with Gasteiger partial charge in [-0.3, -0.25) is 0 Å². The van der Waals surface area contributed by atoms with Gasteiger partial charge in [0.25, 0.3) is 0 Å². The molecule has 0 aliphatic heterocycles. The van der Waals surface area contributed by atoms with E-state index in [-0.39, 0.29) is 0 Å².